The van der Waals surface area contributed by atoms with E-state index in [1.165, 1.54) is 0 Å². The molecule has 0 unspecified atom stereocenters. The Labute approximate surface area is 131 Å². The van der Waals surface area contributed by atoms with Gasteiger partial charge in [0.05, 0.1) is 11.7 Å². The number of carbonyl (C=O) groups excluding carboxylic acids is 3. The molecule has 1 aromatic heterocycles. The van der Waals surface area contributed by atoms with Crippen LogP contribution in [0.4, 0.5) is 5.69 Å². The summed E-state index contributed by atoms with van der Waals surface area (Å²) in [4.78, 5) is 35.4. The zero-order chi connectivity index (χ0) is 16.4. The molecule has 1 fully saturated rings. The first-order chi connectivity index (χ1) is 11.1. The maximum absolute atomic E-state index is 12.1. The van der Waals surface area contributed by atoms with Gasteiger partial charge in [0.25, 0.3) is 0 Å². The van der Waals surface area contributed by atoms with E-state index >= 15 is 0 Å². The Morgan fingerprint density at radius 2 is 2.13 bits per heavy atom. The molecule has 1 saturated heterocycles. The van der Waals surface area contributed by atoms with Crippen molar-refractivity contribution >= 4 is 35.2 Å². The second-order valence-corrected chi connectivity index (χ2v) is 5.50. The number of carbonyl (C=O) groups is 3. The van der Waals surface area contributed by atoms with E-state index in [0.717, 1.165) is 11.9 Å². The highest BCUT2D eigenvalue weighted by Gasteiger charge is 2.26. The summed E-state index contributed by atoms with van der Waals surface area (Å²) in [6.07, 6.45) is 3.08. The molecule has 1 aliphatic rings. The van der Waals surface area contributed by atoms with Crippen molar-refractivity contribution in [1.29, 1.82) is 0 Å². The van der Waals surface area contributed by atoms with Crippen LogP contribution in [0, 0.1) is 0 Å². The van der Waals surface area contributed by atoms with E-state index in [1.54, 1.807) is 33.9 Å². The van der Waals surface area contributed by atoms with Crippen LogP contribution in [0.3, 0.4) is 0 Å². The molecule has 8 nitrogen and oxygen atoms in total. The zero-order valence-corrected chi connectivity index (χ0v) is 12.2. The van der Waals surface area contributed by atoms with Crippen molar-refractivity contribution < 1.29 is 19.6 Å². The number of fused-ring (bicyclic) bond motifs is 1. The topological polar surface area (TPSA) is 104 Å². The Morgan fingerprint density at radius 3 is 2.78 bits per heavy atom. The summed E-state index contributed by atoms with van der Waals surface area (Å²) >= 11 is 0. The minimum absolute atomic E-state index is 0.0229. The molecule has 0 bridgehead atoms. The van der Waals surface area contributed by atoms with Gasteiger partial charge >= 0.3 is 0 Å². The van der Waals surface area contributed by atoms with Crippen LogP contribution < -0.4 is 10.8 Å². The number of hydrogen-bond donors (Lipinski definition) is 3. The molecule has 2 aromatic rings. The Balaban J connectivity index is 1.76. The highest BCUT2D eigenvalue weighted by molar-refractivity contribution is 5.99. The standard InChI is InChI=1S/C15H16N4O4/c20-8-10-4-19(14-2-1-11(17-23)3-13(10)14)7-15(22)16-12-5-18(6-12)9-21/h1-4,8-9,12,17,23H,5-7H2,(H,16,22). The number of likely N-dealkylation sites (tertiary alicyclic amines) is 1. The molecule has 0 spiro atoms. The van der Waals surface area contributed by atoms with Crippen LogP contribution in [0.25, 0.3) is 10.9 Å². The average Bonchev–Trinajstić information content (AvgIpc) is 2.87. The van der Waals surface area contributed by atoms with Crippen molar-refractivity contribution in [2.45, 2.75) is 12.6 Å². The zero-order valence-electron chi connectivity index (χ0n) is 12.2. The summed E-state index contributed by atoms with van der Waals surface area (Å²) in [7, 11) is 0. The van der Waals surface area contributed by atoms with E-state index < -0.39 is 0 Å². The third-order valence-electron chi connectivity index (χ3n) is 3.91. The van der Waals surface area contributed by atoms with Gasteiger partial charge in [0.2, 0.25) is 12.3 Å². The SMILES string of the molecule is O=Cc1cn(CC(=O)NC2CN(C=O)C2)c2ccc(NO)cc12. The molecule has 1 aromatic carbocycles. The monoisotopic (exact) mass is 316 g/mol. The van der Waals surface area contributed by atoms with Crippen LogP contribution >= 0.6 is 0 Å². The van der Waals surface area contributed by atoms with Crippen LogP contribution in [-0.4, -0.2) is 52.4 Å². The van der Waals surface area contributed by atoms with E-state index in [-0.39, 0.29) is 18.5 Å². The summed E-state index contributed by atoms with van der Waals surface area (Å²) in [5.41, 5.74) is 3.67. The first-order valence-corrected chi connectivity index (χ1v) is 7.11. The van der Waals surface area contributed by atoms with E-state index in [1.807, 2.05) is 5.48 Å². The quantitative estimate of drug-likeness (QED) is 0.522. The normalized spacial score (nSPS) is 14.4. The number of benzene rings is 1. The Hall–Kier alpha value is -2.87. The number of rotatable bonds is 6. The van der Waals surface area contributed by atoms with Crippen molar-refractivity contribution in [2.24, 2.45) is 0 Å². The van der Waals surface area contributed by atoms with Crippen molar-refractivity contribution in [1.82, 2.24) is 14.8 Å². The fraction of sp³-hybridized carbons (Fsp3) is 0.267. The van der Waals surface area contributed by atoms with E-state index in [2.05, 4.69) is 5.32 Å². The lowest BCUT2D eigenvalue weighted by molar-refractivity contribution is -0.128. The second-order valence-electron chi connectivity index (χ2n) is 5.50. The van der Waals surface area contributed by atoms with E-state index in [9.17, 15) is 14.4 Å². The molecule has 1 aliphatic heterocycles. The Morgan fingerprint density at radius 1 is 1.35 bits per heavy atom. The van der Waals surface area contributed by atoms with E-state index in [0.29, 0.717) is 36.0 Å². The largest absolute Gasteiger partial charge is 0.348 e. The summed E-state index contributed by atoms with van der Waals surface area (Å²) < 4.78 is 1.69. The van der Waals surface area contributed by atoms with E-state index in [4.69, 9.17) is 5.21 Å². The lowest BCUT2D eigenvalue weighted by Gasteiger charge is -2.36. The lowest BCUT2D eigenvalue weighted by Crippen LogP contribution is -2.58. The van der Waals surface area contributed by atoms with Crippen LogP contribution in [-0.2, 0) is 16.1 Å². The average molecular weight is 316 g/mol. The van der Waals surface area contributed by atoms with Crippen LogP contribution in [0.15, 0.2) is 24.4 Å². The summed E-state index contributed by atoms with van der Waals surface area (Å²) in [6, 6.07) is 5.00. The summed E-state index contributed by atoms with van der Waals surface area (Å²) in [6.45, 7) is 1.12. The minimum Gasteiger partial charge on any atom is -0.348 e. The molecular formula is C15H16N4O4. The van der Waals surface area contributed by atoms with Gasteiger partial charge in [0.15, 0.2) is 6.29 Å². The summed E-state index contributed by atoms with van der Waals surface area (Å²) in [5, 5.41) is 12.4. The Bertz CT molecular complexity index is 764. The number of anilines is 1. The third kappa shape index (κ3) is 2.88. The Kier molecular flexibility index (Phi) is 3.98. The number of hydrogen-bond acceptors (Lipinski definition) is 5. The predicted octanol–water partition coefficient (Wildman–Crippen LogP) is 0.212. The number of nitrogens with zero attached hydrogens (tertiary/aromatic N) is 2. The van der Waals surface area contributed by atoms with Crippen molar-refractivity contribution in [3.63, 3.8) is 0 Å². The van der Waals surface area contributed by atoms with Gasteiger partial charge in [-0.25, -0.2) is 0 Å². The molecule has 0 saturated carbocycles. The molecule has 8 heteroatoms. The number of aldehydes is 1. The molecule has 3 N–H and O–H groups in total. The molecule has 2 heterocycles. The molecule has 0 radical (unpaired) electrons. The molecular weight excluding hydrogens is 300 g/mol. The molecule has 0 atom stereocenters. The highest BCUT2D eigenvalue weighted by atomic mass is 16.5. The van der Waals surface area contributed by atoms with Gasteiger partial charge in [0, 0.05) is 35.8 Å². The van der Waals surface area contributed by atoms with Crippen molar-refractivity contribution in [3.05, 3.63) is 30.0 Å². The smallest absolute Gasteiger partial charge is 0.240 e. The van der Waals surface area contributed by atoms with Gasteiger partial charge in [-0.05, 0) is 18.2 Å². The first kappa shape index (κ1) is 15.0. The maximum atomic E-state index is 12.1. The third-order valence-corrected chi connectivity index (χ3v) is 3.91. The first-order valence-electron chi connectivity index (χ1n) is 7.11. The maximum Gasteiger partial charge on any atom is 0.240 e. The molecule has 23 heavy (non-hydrogen) atoms. The van der Waals surface area contributed by atoms with Crippen molar-refractivity contribution in [3.8, 4) is 0 Å². The van der Waals surface area contributed by atoms with Gasteiger partial charge in [-0.2, -0.15) is 0 Å². The summed E-state index contributed by atoms with van der Waals surface area (Å²) in [5.74, 6) is -0.181. The number of aromatic nitrogens is 1. The molecule has 120 valence electrons. The molecule has 3 rings (SSSR count). The molecule has 0 aliphatic carbocycles. The van der Waals surface area contributed by atoms with Gasteiger partial charge in [-0.1, -0.05) is 0 Å². The molecule has 2 amide bonds. The van der Waals surface area contributed by atoms with Gasteiger partial charge in [-0.15, -0.1) is 0 Å². The number of amides is 2. The fourth-order valence-corrected chi connectivity index (χ4v) is 2.74. The highest BCUT2D eigenvalue weighted by Crippen LogP contribution is 2.24. The number of nitrogens with one attached hydrogen (secondary N) is 2. The van der Waals surface area contributed by atoms with Crippen LogP contribution in [0.1, 0.15) is 10.4 Å². The predicted molar refractivity (Wildman–Crippen MR) is 82.3 cm³/mol. The van der Waals surface area contributed by atoms with Crippen LogP contribution in [0.5, 0.6) is 0 Å². The van der Waals surface area contributed by atoms with Gasteiger partial charge in [-0.3, -0.25) is 25.1 Å². The minimum atomic E-state index is -0.181. The second kappa shape index (κ2) is 6.09. The van der Waals surface area contributed by atoms with Gasteiger partial charge in [0.1, 0.15) is 6.54 Å². The van der Waals surface area contributed by atoms with Crippen molar-refractivity contribution in [2.75, 3.05) is 18.6 Å². The fourth-order valence-electron chi connectivity index (χ4n) is 2.74. The lowest BCUT2D eigenvalue weighted by atomic mass is 10.1. The van der Waals surface area contributed by atoms with Crippen LogP contribution in [0.2, 0.25) is 0 Å². The van der Waals surface area contributed by atoms with Gasteiger partial charge < -0.3 is 14.8 Å².